The van der Waals surface area contributed by atoms with Gasteiger partial charge in [-0.3, -0.25) is 9.59 Å². The molecule has 2 amide bonds. The lowest BCUT2D eigenvalue weighted by Crippen LogP contribution is -2.50. The van der Waals surface area contributed by atoms with Gasteiger partial charge in [-0.25, -0.2) is 8.42 Å². The molecule has 3 heterocycles. The maximum absolute atomic E-state index is 13.2. The Morgan fingerprint density at radius 3 is 2.55 bits per heavy atom. The predicted octanol–water partition coefficient (Wildman–Crippen LogP) is 0.829. The maximum atomic E-state index is 13.2. The lowest BCUT2D eigenvalue weighted by molar-refractivity contribution is 0.0632. The van der Waals surface area contributed by atoms with Gasteiger partial charge in [0.2, 0.25) is 10.0 Å². The molecule has 33 heavy (non-hydrogen) atoms. The molecule has 2 aromatic rings. The monoisotopic (exact) mass is 476 g/mol. The number of rotatable bonds is 7. The Bertz CT molecular complexity index is 1130. The van der Waals surface area contributed by atoms with E-state index in [1.165, 1.54) is 21.1 Å². The summed E-state index contributed by atoms with van der Waals surface area (Å²) in [4.78, 5) is 26.3. The van der Waals surface area contributed by atoms with Gasteiger partial charge in [-0.15, -0.1) is 0 Å². The highest BCUT2D eigenvalue weighted by Gasteiger charge is 2.32. The zero-order valence-electron chi connectivity index (χ0n) is 18.5. The summed E-state index contributed by atoms with van der Waals surface area (Å²) in [6, 6.07) is 8.34. The van der Waals surface area contributed by atoms with Crippen molar-refractivity contribution in [3.05, 3.63) is 47.8 Å². The van der Waals surface area contributed by atoms with Gasteiger partial charge in [0, 0.05) is 46.0 Å². The van der Waals surface area contributed by atoms with Crippen LogP contribution in [0.3, 0.4) is 0 Å². The van der Waals surface area contributed by atoms with E-state index >= 15 is 0 Å². The molecule has 2 aliphatic heterocycles. The molecule has 0 bridgehead atoms. The second kappa shape index (κ2) is 9.54. The molecule has 2 aliphatic rings. The number of piperazine rings is 1. The number of aryl methyl sites for hydroxylation is 1. The van der Waals surface area contributed by atoms with Gasteiger partial charge in [0.1, 0.15) is 22.9 Å². The number of benzene rings is 1. The molecular weight excluding hydrogens is 448 g/mol. The Morgan fingerprint density at radius 2 is 1.91 bits per heavy atom. The van der Waals surface area contributed by atoms with Crippen molar-refractivity contribution in [2.75, 3.05) is 39.4 Å². The first-order chi connectivity index (χ1) is 15.8. The van der Waals surface area contributed by atoms with E-state index in [0.717, 1.165) is 19.4 Å². The maximum Gasteiger partial charge on any atom is 0.265 e. The Hall–Kier alpha value is -2.89. The van der Waals surface area contributed by atoms with Crippen LogP contribution in [0.25, 0.3) is 0 Å². The summed E-state index contributed by atoms with van der Waals surface area (Å²) in [5.74, 6) is -0.406. The summed E-state index contributed by atoms with van der Waals surface area (Å²) < 4.78 is 40.2. The van der Waals surface area contributed by atoms with Crippen LogP contribution in [0.5, 0.6) is 5.75 Å². The SMILES string of the molecule is Cn1cc(S(=O)(=O)N2CCN(C(=O)c3ccccc3OCC3CCCO3)CC2)cc1C(N)=O. The first kappa shape index (κ1) is 23.3. The summed E-state index contributed by atoms with van der Waals surface area (Å²) in [5.41, 5.74) is 5.85. The van der Waals surface area contributed by atoms with Crippen LogP contribution in [-0.4, -0.2) is 79.5 Å². The van der Waals surface area contributed by atoms with E-state index in [-0.39, 0.29) is 48.8 Å². The summed E-state index contributed by atoms with van der Waals surface area (Å²) in [6.45, 7) is 1.90. The van der Waals surface area contributed by atoms with Crippen molar-refractivity contribution in [2.24, 2.45) is 12.8 Å². The van der Waals surface area contributed by atoms with E-state index in [2.05, 4.69) is 0 Å². The third-order valence-corrected chi connectivity index (χ3v) is 7.83. The second-order valence-electron chi connectivity index (χ2n) is 8.17. The number of amides is 2. The van der Waals surface area contributed by atoms with Crippen LogP contribution in [0.4, 0.5) is 0 Å². The van der Waals surface area contributed by atoms with Crippen molar-refractivity contribution in [1.82, 2.24) is 13.8 Å². The topological polar surface area (TPSA) is 124 Å². The van der Waals surface area contributed by atoms with Crippen LogP contribution in [0, 0.1) is 0 Å². The van der Waals surface area contributed by atoms with Gasteiger partial charge in [-0.1, -0.05) is 12.1 Å². The highest BCUT2D eigenvalue weighted by atomic mass is 32.2. The van der Waals surface area contributed by atoms with Gasteiger partial charge in [-0.05, 0) is 31.0 Å². The van der Waals surface area contributed by atoms with Crippen molar-refractivity contribution in [3.8, 4) is 5.75 Å². The second-order valence-corrected chi connectivity index (χ2v) is 10.1. The number of nitrogens with two attached hydrogens (primary N) is 1. The van der Waals surface area contributed by atoms with Crippen LogP contribution in [0.15, 0.2) is 41.4 Å². The molecule has 2 fully saturated rings. The molecule has 178 valence electrons. The Morgan fingerprint density at radius 1 is 1.18 bits per heavy atom. The minimum Gasteiger partial charge on any atom is -0.490 e. The van der Waals surface area contributed by atoms with Gasteiger partial charge in [0.25, 0.3) is 11.8 Å². The summed E-state index contributed by atoms with van der Waals surface area (Å²) in [7, 11) is -2.25. The van der Waals surface area contributed by atoms with Crippen molar-refractivity contribution in [3.63, 3.8) is 0 Å². The fourth-order valence-corrected chi connectivity index (χ4v) is 5.59. The highest BCUT2D eigenvalue weighted by molar-refractivity contribution is 7.89. The molecule has 1 aromatic heterocycles. The number of primary amides is 1. The molecular formula is C22H28N4O6S. The molecule has 0 saturated carbocycles. The summed E-state index contributed by atoms with van der Waals surface area (Å²) in [6.07, 6.45) is 3.35. The Labute approximate surface area is 192 Å². The molecule has 10 nitrogen and oxygen atoms in total. The molecule has 2 N–H and O–H groups in total. The third-order valence-electron chi connectivity index (χ3n) is 5.96. The number of carbonyl (C=O) groups is 2. The van der Waals surface area contributed by atoms with Crippen LogP contribution < -0.4 is 10.5 Å². The zero-order valence-corrected chi connectivity index (χ0v) is 19.3. The number of carbonyl (C=O) groups excluding carboxylic acids is 2. The average Bonchev–Trinajstić information content (AvgIpc) is 3.47. The molecule has 0 radical (unpaired) electrons. The fraction of sp³-hybridized carbons (Fsp3) is 0.455. The van der Waals surface area contributed by atoms with Gasteiger partial charge >= 0.3 is 0 Å². The quantitative estimate of drug-likeness (QED) is 0.631. The van der Waals surface area contributed by atoms with Gasteiger partial charge in [0.15, 0.2) is 0 Å². The lowest BCUT2D eigenvalue weighted by atomic mass is 10.1. The van der Waals surface area contributed by atoms with E-state index < -0.39 is 15.9 Å². The molecule has 4 rings (SSSR count). The average molecular weight is 477 g/mol. The first-order valence-electron chi connectivity index (χ1n) is 10.9. The number of hydrogen-bond acceptors (Lipinski definition) is 6. The van der Waals surface area contributed by atoms with Crippen molar-refractivity contribution < 1.29 is 27.5 Å². The van der Waals surface area contributed by atoms with Crippen LogP contribution in [0.2, 0.25) is 0 Å². The van der Waals surface area contributed by atoms with Crippen LogP contribution in [-0.2, 0) is 21.8 Å². The zero-order chi connectivity index (χ0) is 23.6. The number of ether oxygens (including phenoxy) is 2. The standard InChI is InChI=1S/C22H28N4O6S/c1-24-14-17(13-19(24)21(23)27)33(29,30)26-10-8-25(9-11-26)22(28)18-6-2-3-7-20(18)32-15-16-5-4-12-31-16/h2-3,6-7,13-14,16H,4-5,8-12,15H2,1H3,(H2,23,27). The molecule has 2 saturated heterocycles. The molecule has 0 spiro atoms. The van der Waals surface area contributed by atoms with Crippen LogP contribution in [0.1, 0.15) is 33.7 Å². The number of hydrogen-bond donors (Lipinski definition) is 1. The smallest absolute Gasteiger partial charge is 0.265 e. The number of nitrogens with zero attached hydrogens (tertiary/aromatic N) is 3. The summed E-state index contributed by atoms with van der Waals surface area (Å²) >= 11 is 0. The van der Waals surface area contributed by atoms with E-state index in [1.807, 2.05) is 6.07 Å². The fourth-order valence-electron chi connectivity index (χ4n) is 4.10. The highest BCUT2D eigenvalue weighted by Crippen LogP contribution is 2.24. The molecule has 1 aromatic carbocycles. The molecule has 1 atom stereocenters. The largest absolute Gasteiger partial charge is 0.490 e. The van der Waals surface area contributed by atoms with E-state index in [9.17, 15) is 18.0 Å². The number of para-hydroxylation sites is 1. The Balaban J connectivity index is 1.41. The van der Waals surface area contributed by atoms with Gasteiger partial charge in [-0.2, -0.15) is 4.31 Å². The van der Waals surface area contributed by atoms with Crippen LogP contribution >= 0.6 is 0 Å². The molecule has 1 unspecified atom stereocenters. The molecule has 11 heteroatoms. The third kappa shape index (κ3) is 4.90. The van der Waals surface area contributed by atoms with Crippen molar-refractivity contribution in [2.45, 2.75) is 23.8 Å². The molecule has 0 aliphatic carbocycles. The number of aromatic nitrogens is 1. The number of sulfonamides is 1. The van der Waals surface area contributed by atoms with E-state index in [0.29, 0.717) is 17.9 Å². The lowest BCUT2D eigenvalue weighted by Gasteiger charge is -2.34. The Kier molecular flexibility index (Phi) is 6.73. The first-order valence-corrected chi connectivity index (χ1v) is 12.3. The van der Waals surface area contributed by atoms with E-state index in [4.69, 9.17) is 15.2 Å². The van der Waals surface area contributed by atoms with Crippen molar-refractivity contribution in [1.29, 1.82) is 0 Å². The predicted molar refractivity (Wildman–Crippen MR) is 120 cm³/mol. The normalized spacial score (nSPS) is 19.5. The van der Waals surface area contributed by atoms with Gasteiger partial charge < -0.3 is 24.7 Å². The van der Waals surface area contributed by atoms with Gasteiger partial charge in [0.05, 0.1) is 11.7 Å². The van der Waals surface area contributed by atoms with E-state index in [1.54, 1.807) is 30.1 Å². The summed E-state index contributed by atoms with van der Waals surface area (Å²) in [5, 5.41) is 0. The minimum atomic E-state index is -3.81. The van der Waals surface area contributed by atoms with Crippen molar-refractivity contribution >= 4 is 21.8 Å². The minimum absolute atomic E-state index is 0.00598.